The standard InChI is InChI=1S/C20H21NO6/c1-23-16-6-5-11(7-15(16)21)13-8-12(22)10-27-18-14(13)9-17(24-2)19(25-3)20(18)26-4/h5-9H,10,21H2,1-4H3/p+1. The fourth-order valence-corrected chi connectivity index (χ4v) is 3.08. The summed E-state index contributed by atoms with van der Waals surface area (Å²) in [7, 11) is 6.16. The summed E-state index contributed by atoms with van der Waals surface area (Å²) >= 11 is 0. The Morgan fingerprint density at radius 2 is 1.63 bits per heavy atom. The summed E-state index contributed by atoms with van der Waals surface area (Å²) in [6.07, 6.45) is 1.55. The maximum atomic E-state index is 12.3. The van der Waals surface area contributed by atoms with Crippen LogP contribution >= 0.6 is 0 Å². The van der Waals surface area contributed by atoms with Crippen LogP contribution in [-0.2, 0) is 4.79 Å². The van der Waals surface area contributed by atoms with Crippen molar-refractivity contribution in [3.05, 3.63) is 41.5 Å². The lowest BCUT2D eigenvalue weighted by Gasteiger charge is -2.19. The Morgan fingerprint density at radius 1 is 0.926 bits per heavy atom. The Kier molecular flexibility index (Phi) is 5.23. The second-order valence-electron chi connectivity index (χ2n) is 5.86. The van der Waals surface area contributed by atoms with E-state index in [9.17, 15) is 4.79 Å². The first-order chi connectivity index (χ1) is 13.0. The van der Waals surface area contributed by atoms with E-state index < -0.39 is 0 Å². The van der Waals surface area contributed by atoms with E-state index >= 15 is 0 Å². The maximum Gasteiger partial charge on any atom is 0.207 e. The molecule has 7 nitrogen and oxygen atoms in total. The van der Waals surface area contributed by atoms with E-state index in [4.69, 9.17) is 23.7 Å². The molecule has 2 aromatic rings. The summed E-state index contributed by atoms with van der Waals surface area (Å²) in [6, 6.07) is 7.31. The maximum absolute atomic E-state index is 12.3. The van der Waals surface area contributed by atoms with Crippen LogP contribution in [0.1, 0.15) is 11.1 Å². The van der Waals surface area contributed by atoms with Crippen molar-refractivity contribution in [2.24, 2.45) is 0 Å². The van der Waals surface area contributed by atoms with Crippen molar-refractivity contribution in [3.8, 4) is 28.7 Å². The number of hydrogen-bond donors (Lipinski definition) is 1. The molecule has 1 aliphatic heterocycles. The molecule has 1 heterocycles. The first-order valence-corrected chi connectivity index (χ1v) is 8.25. The molecule has 0 bridgehead atoms. The zero-order valence-corrected chi connectivity index (χ0v) is 15.8. The van der Waals surface area contributed by atoms with E-state index in [1.54, 1.807) is 19.3 Å². The van der Waals surface area contributed by atoms with Gasteiger partial charge in [-0.15, -0.1) is 0 Å². The molecule has 0 aromatic heterocycles. The van der Waals surface area contributed by atoms with E-state index in [1.807, 2.05) is 18.2 Å². The first kappa shape index (κ1) is 18.6. The van der Waals surface area contributed by atoms with Crippen molar-refractivity contribution in [1.82, 2.24) is 0 Å². The molecule has 142 valence electrons. The monoisotopic (exact) mass is 372 g/mol. The molecule has 0 radical (unpaired) electrons. The van der Waals surface area contributed by atoms with E-state index in [2.05, 4.69) is 5.73 Å². The molecule has 0 saturated carbocycles. The van der Waals surface area contributed by atoms with Gasteiger partial charge in [0.25, 0.3) is 0 Å². The van der Waals surface area contributed by atoms with Gasteiger partial charge in [0, 0.05) is 11.6 Å². The van der Waals surface area contributed by atoms with Crippen LogP contribution in [0.25, 0.3) is 5.57 Å². The van der Waals surface area contributed by atoms with Crippen LogP contribution in [0.3, 0.4) is 0 Å². The van der Waals surface area contributed by atoms with Gasteiger partial charge >= 0.3 is 0 Å². The third-order valence-electron chi connectivity index (χ3n) is 4.33. The molecule has 0 spiro atoms. The number of hydrogen-bond acceptors (Lipinski definition) is 6. The molecular formula is C20H22NO6+. The third kappa shape index (κ3) is 3.29. The van der Waals surface area contributed by atoms with E-state index in [1.165, 1.54) is 21.3 Å². The molecule has 7 heteroatoms. The van der Waals surface area contributed by atoms with Crippen molar-refractivity contribution in [2.75, 3.05) is 35.0 Å². The van der Waals surface area contributed by atoms with Crippen molar-refractivity contribution in [1.29, 1.82) is 0 Å². The lowest BCUT2D eigenvalue weighted by atomic mass is 9.95. The van der Waals surface area contributed by atoms with Crippen LogP contribution in [-0.4, -0.2) is 40.8 Å². The zero-order chi connectivity index (χ0) is 19.6. The van der Waals surface area contributed by atoms with Crippen molar-refractivity contribution >= 4 is 17.0 Å². The molecular weight excluding hydrogens is 350 g/mol. The molecule has 0 saturated heterocycles. The van der Waals surface area contributed by atoms with Gasteiger partial charge in [-0.1, -0.05) is 6.07 Å². The smallest absolute Gasteiger partial charge is 0.207 e. The average Bonchev–Trinajstić information content (AvgIpc) is 2.85. The van der Waals surface area contributed by atoms with Crippen molar-refractivity contribution < 1.29 is 34.2 Å². The molecule has 1 aliphatic rings. The number of carbonyl (C=O) groups excluding carboxylic acids is 1. The van der Waals surface area contributed by atoms with E-state index in [0.29, 0.717) is 45.6 Å². The highest BCUT2D eigenvalue weighted by Gasteiger charge is 2.27. The van der Waals surface area contributed by atoms with Crippen LogP contribution in [0.5, 0.6) is 28.7 Å². The lowest BCUT2D eigenvalue weighted by Crippen LogP contribution is -2.40. The minimum absolute atomic E-state index is 0.101. The van der Waals surface area contributed by atoms with Gasteiger partial charge < -0.3 is 29.4 Å². The van der Waals surface area contributed by atoms with E-state index in [-0.39, 0.29) is 12.4 Å². The van der Waals surface area contributed by atoms with Crippen LogP contribution in [0.4, 0.5) is 5.69 Å². The highest BCUT2D eigenvalue weighted by molar-refractivity contribution is 6.04. The van der Waals surface area contributed by atoms with Gasteiger partial charge in [-0.2, -0.15) is 0 Å². The van der Waals surface area contributed by atoms with Crippen LogP contribution in [0, 0.1) is 0 Å². The third-order valence-corrected chi connectivity index (χ3v) is 4.33. The Labute approximate surface area is 157 Å². The summed E-state index contributed by atoms with van der Waals surface area (Å²) in [5, 5.41) is 0. The fraction of sp³-hybridized carbons (Fsp3) is 0.250. The molecule has 0 unspecified atom stereocenters. The van der Waals surface area contributed by atoms with Gasteiger partial charge in [0.15, 0.2) is 35.3 Å². The van der Waals surface area contributed by atoms with Gasteiger partial charge in [-0.3, -0.25) is 4.79 Å². The largest absolute Gasteiger partial charge is 0.493 e. The highest BCUT2D eigenvalue weighted by atomic mass is 16.5. The summed E-state index contributed by atoms with van der Waals surface area (Å²) in [5.41, 5.74) is 6.86. The predicted molar refractivity (Wildman–Crippen MR) is 99.2 cm³/mol. The molecule has 27 heavy (non-hydrogen) atoms. The normalized spacial score (nSPS) is 13.1. The molecule has 0 atom stereocenters. The number of ether oxygens (including phenoxy) is 5. The topological polar surface area (TPSA) is 90.9 Å². The Hall–Kier alpha value is -3.19. The number of rotatable bonds is 5. The number of methoxy groups -OCH3 is 4. The Morgan fingerprint density at radius 3 is 2.22 bits per heavy atom. The fourth-order valence-electron chi connectivity index (χ4n) is 3.08. The number of ketones is 1. The average molecular weight is 372 g/mol. The molecule has 0 amide bonds. The number of benzene rings is 2. The van der Waals surface area contributed by atoms with Gasteiger partial charge in [-0.25, -0.2) is 0 Å². The second kappa shape index (κ2) is 7.59. The van der Waals surface area contributed by atoms with Gasteiger partial charge in [0.2, 0.25) is 11.5 Å². The first-order valence-electron chi connectivity index (χ1n) is 8.25. The Bertz CT molecular complexity index is 919. The van der Waals surface area contributed by atoms with E-state index in [0.717, 1.165) is 5.56 Å². The molecule has 0 aliphatic carbocycles. The second-order valence-corrected chi connectivity index (χ2v) is 5.86. The highest BCUT2D eigenvalue weighted by Crippen LogP contribution is 2.50. The van der Waals surface area contributed by atoms with Crippen LogP contribution in [0.2, 0.25) is 0 Å². The van der Waals surface area contributed by atoms with Gasteiger partial charge in [-0.05, 0) is 29.3 Å². The van der Waals surface area contributed by atoms with Crippen molar-refractivity contribution in [2.45, 2.75) is 0 Å². The summed E-state index contributed by atoms with van der Waals surface area (Å²) in [4.78, 5) is 12.3. The van der Waals surface area contributed by atoms with Gasteiger partial charge in [0.05, 0.1) is 28.4 Å². The zero-order valence-electron chi connectivity index (χ0n) is 15.8. The van der Waals surface area contributed by atoms with Gasteiger partial charge in [0.1, 0.15) is 0 Å². The molecule has 3 N–H and O–H groups in total. The minimum atomic E-state index is -0.164. The predicted octanol–water partition coefficient (Wildman–Crippen LogP) is 1.99. The number of carbonyl (C=O) groups is 1. The SMILES string of the molecule is COc1ccc(C2=CC(=O)COc3c2cc(OC)c(OC)c3OC)cc1[NH3+]. The summed E-state index contributed by atoms with van der Waals surface area (Å²) < 4.78 is 27.4. The van der Waals surface area contributed by atoms with Crippen molar-refractivity contribution in [3.63, 3.8) is 0 Å². The summed E-state index contributed by atoms with van der Waals surface area (Å²) in [6.45, 7) is -0.101. The minimum Gasteiger partial charge on any atom is -0.493 e. The Balaban J connectivity index is 2.28. The number of fused-ring (bicyclic) bond motifs is 1. The molecule has 2 aromatic carbocycles. The summed E-state index contributed by atoms with van der Waals surface area (Å²) in [5.74, 6) is 2.17. The lowest BCUT2D eigenvalue weighted by molar-refractivity contribution is -0.256. The quantitative estimate of drug-likeness (QED) is 0.863. The molecule has 3 rings (SSSR count). The molecule has 0 fully saturated rings. The number of quaternary nitrogens is 1. The van der Waals surface area contributed by atoms with Crippen LogP contribution in [0.15, 0.2) is 30.3 Å². The van der Waals surface area contributed by atoms with Crippen LogP contribution < -0.4 is 29.4 Å².